The third-order valence-corrected chi connectivity index (χ3v) is 4.30. The number of hydrogen-bond donors (Lipinski definition) is 1. The maximum Gasteiger partial charge on any atom is 0.0697 e. The summed E-state index contributed by atoms with van der Waals surface area (Å²) in [5.74, 6) is 0. The van der Waals surface area contributed by atoms with E-state index in [1.54, 1.807) is 0 Å². The molecule has 1 N–H and O–H groups in total. The largest absolute Gasteiger partial charge is 0.375 e. The average Bonchev–Trinajstić information content (AvgIpc) is 2.30. The summed E-state index contributed by atoms with van der Waals surface area (Å²) in [5, 5.41) is 3.74. The molecular formula is C15H27NO. The van der Waals surface area contributed by atoms with Crippen molar-refractivity contribution in [2.24, 2.45) is 0 Å². The molecule has 1 aliphatic heterocycles. The summed E-state index contributed by atoms with van der Waals surface area (Å²) in [6, 6.07) is 1.20. The van der Waals surface area contributed by atoms with Crippen LogP contribution >= 0.6 is 0 Å². The van der Waals surface area contributed by atoms with Gasteiger partial charge in [-0.15, -0.1) is 6.58 Å². The molecule has 0 radical (unpaired) electrons. The van der Waals surface area contributed by atoms with E-state index in [0.717, 1.165) is 13.0 Å². The molecule has 2 heteroatoms. The van der Waals surface area contributed by atoms with Crippen molar-refractivity contribution in [2.45, 2.75) is 76.0 Å². The molecule has 0 amide bonds. The fraction of sp³-hybridized carbons (Fsp3) is 0.867. The smallest absolute Gasteiger partial charge is 0.0697 e. The van der Waals surface area contributed by atoms with Crippen LogP contribution in [0.2, 0.25) is 0 Å². The van der Waals surface area contributed by atoms with Crippen LogP contribution in [0.5, 0.6) is 0 Å². The van der Waals surface area contributed by atoms with Gasteiger partial charge in [-0.1, -0.05) is 25.3 Å². The average molecular weight is 237 g/mol. The fourth-order valence-electron chi connectivity index (χ4n) is 3.43. The Hall–Kier alpha value is -0.340. The zero-order chi connectivity index (χ0) is 12.1. The third-order valence-electron chi connectivity index (χ3n) is 4.30. The van der Waals surface area contributed by atoms with Crippen LogP contribution in [0.3, 0.4) is 0 Å². The molecule has 1 spiro atoms. The minimum Gasteiger partial charge on any atom is -0.375 e. The first-order valence-electron chi connectivity index (χ1n) is 7.25. The summed E-state index contributed by atoms with van der Waals surface area (Å²) in [5.41, 5.74) is 0.224. The monoisotopic (exact) mass is 237 g/mol. The van der Waals surface area contributed by atoms with Gasteiger partial charge in [0, 0.05) is 18.7 Å². The lowest BCUT2D eigenvalue weighted by Crippen LogP contribution is -2.49. The van der Waals surface area contributed by atoms with Crippen LogP contribution in [0.4, 0.5) is 0 Å². The second-order valence-corrected chi connectivity index (χ2v) is 5.87. The second-order valence-electron chi connectivity index (χ2n) is 5.87. The van der Waals surface area contributed by atoms with Gasteiger partial charge in [0.25, 0.3) is 0 Å². The summed E-state index contributed by atoms with van der Waals surface area (Å²) >= 11 is 0. The van der Waals surface area contributed by atoms with Crippen molar-refractivity contribution in [1.29, 1.82) is 0 Å². The van der Waals surface area contributed by atoms with E-state index >= 15 is 0 Å². The molecule has 1 saturated carbocycles. The van der Waals surface area contributed by atoms with Gasteiger partial charge in [0.1, 0.15) is 0 Å². The molecule has 1 saturated heterocycles. The van der Waals surface area contributed by atoms with E-state index in [4.69, 9.17) is 4.74 Å². The first-order chi connectivity index (χ1) is 8.24. The molecule has 98 valence electrons. The Morgan fingerprint density at radius 2 is 2.18 bits per heavy atom. The maximum atomic E-state index is 6.12. The first-order valence-corrected chi connectivity index (χ1v) is 7.25. The highest BCUT2D eigenvalue weighted by molar-refractivity contribution is 4.93. The van der Waals surface area contributed by atoms with Crippen LogP contribution in [0, 0.1) is 0 Å². The molecule has 1 aliphatic carbocycles. The van der Waals surface area contributed by atoms with E-state index in [2.05, 4.69) is 18.8 Å². The molecule has 2 rings (SSSR count). The van der Waals surface area contributed by atoms with Crippen molar-refractivity contribution in [2.75, 3.05) is 6.61 Å². The lowest BCUT2D eigenvalue weighted by atomic mass is 9.78. The van der Waals surface area contributed by atoms with Gasteiger partial charge >= 0.3 is 0 Å². The Morgan fingerprint density at radius 3 is 2.88 bits per heavy atom. The molecule has 0 bridgehead atoms. The molecule has 0 aromatic heterocycles. The topological polar surface area (TPSA) is 21.3 Å². The highest BCUT2D eigenvalue weighted by Crippen LogP contribution is 2.38. The predicted molar refractivity (Wildman–Crippen MR) is 72.2 cm³/mol. The minimum absolute atomic E-state index is 0.224. The standard InChI is InChI=1S/C15H27NO/c1-3-7-13(2)16-14-8-11-17-15(12-14)9-5-4-6-10-15/h3,13-14,16H,1,4-12H2,2H3. The molecule has 0 aromatic carbocycles. The number of nitrogens with one attached hydrogen (secondary N) is 1. The van der Waals surface area contributed by atoms with E-state index in [1.807, 2.05) is 6.08 Å². The van der Waals surface area contributed by atoms with Crippen LogP contribution in [0.15, 0.2) is 12.7 Å². The van der Waals surface area contributed by atoms with Gasteiger partial charge in [-0.05, 0) is 39.0 Å². The van der Waals surface area contributed by atoms with Crippen molar-refractivity contribution >= 4 is 0 Å². The van der Waals surface area contributed by atoms with Crippen LogP contribution in [-0.2, 0) is 4.74 Å². The fourth-order valence-corrected chi connectivity index (χ4v) is 3.43. The molecule has 2 unspecified atom stereocenters. The normalized spacial score (nSPS) is 30.1. The van der Waals surface area contributed by atoms with Gasteiger partial charge in [-0.3, -0.25) is 0 Å². The summed E-state index contributed by atoms with van der Waals surface area (Å²) in [6.45, 7) is 7.01. The van der Waals surface area contributed by atoms with Crippen molar-refractivity contribution < 1.29 is 4.74 Å². The molecule has 0 aromatic rings. The Bertz CT molecular complexity index is 240. The Morgan fingerprint density at radius 1 is 1.41 bits per heavy atom. The summed E-state index contributed by atoms with van der Waals surface area (Å²) in [4.78, 5) is 0. The SMILES string of the molecule is C=CCC(C)NC1CCOC2(CCCCC2)C1. The summed E-state index contributed by atoms with van der Waals surface area (Å²) < 4.78 is 6.12. The zero-order valence-corrected chi connectivity index (χ0v) is 11.2. The van der Waals surface area contributed by atoms with E-state index < -0.39 is 0 Å². The molecule has 2 aliphatic rings. The Kier molecular flexibility index (Phi) is 4.63. The first kappa shape index (κ1) is 13.1. The van der Waals surface area contributed by atoms with Crippen molar-refractivity contribution in [3.05, 3.63) is 12.7 Å². The lowest BCUT2D eigenvalue weighted by Gasteiger charge is -2.44. The van der Waals surface area contributed by atoms with Crippen molar-refractivity contribution in [3.8, 4) is 0 Å². The summed E-state index contributed by atoms with van der Waals surface area (Å²) in [7, 11) is 0. The Labute approximate surface area is 106 Å². The molecular weight excluding hydrogens is 210 g/mol. The third kappa shape index (κ3) is 3.56. The quantitative estimate of drug-likeness (QED) is 0.756. The zero-order valence-electron chi connectivity index (χ0n) is 11.2. The highest BCUT2D eigenvalue weighted by atomic mass is 16.5. The van der Waals surface area contributed by atoms with Gasteiger partial charge in [-0.2, -0.15) is 0 Å². The van der Waals surface area contributed by atoms with Gasteiger partial charge in [0.05, 0.1) is 5.60 Å². The molecule has 2 atom stereocenters. The van der Waals surface area contributed by atoms with Crippen molar-refractivity contribution in [3.63, 3.8) is 0 Å². The lowest BCUT2D eigenvalue weighted by molar-refractivity contribution is -0.109. The predicted octanol–water partition coefficient (Wildman–Crippen LogP) is 3.42. The molecule has 2 fully saturated rings. The number of rotatable bonds is 4. The van der Waals surface area contributed by atoms with E-state index in [-0.39, 0.29) is 5.60 Å². The van der Waals surface area contributed by atoms with Crippen LogP contribution in [0.25, 0.3) is 0 Å². The van der Waals surface area contributed by atoms with Gasteiger partial charge in [0.2, 0.25) is 0 Å². The van der Waals surface area contributed by atoms with E-state index in [1.165, 1.54) is 44.9 Å². The number of ether oxygens (including phenoxy) is 1. The maximum absolute atomic E-state index is 6.12. The van der Waals surface area contributed by atoms with Crippen LogP contribution in [-0.4, -0.2) is 24.3 Å². The molecule has 1 heterocycles. The van der Waals surface area contributed by atoms with Gasteiger partial charge in [-0.25, -0.2) is 0 Å². The van der Waals surface area contributed by atoms with Crippen LogP contribution in [0.1, 0.15) is 58.3 Å². The van der Waals surface area contributed by atoms with Gasteiger partial charge in [0.15, 0.2) is 0 Å². The molecule has 17 heavy (non-hydrogen) atoms. The van der Waals surface area contributed by atoms with E-state index in [9.17, 15) is 0 Å². The highest BCUT2D eigenvalue weighted by Gasteiger charge is 2.38. The minimum atomic E-state index is 0.224. The van der Waals surface area contributed by atoms with Crippen molar-refractivity contribution in [1.82, 2.24) is 5.32 Å². The second kappa shape index (κ2) is 6.01. The van der Waals surface area contributed by atoms with Crippen LogP contribution < -0.4 is 5.32 Å². The van der Waals surface area contributed by atoms with E-state index in [0.29, 0.717) is 12.1 Å². The summed E-state index contributed by atoms with van der Waals surface area (Å²) in [6.07, 6.45) is 12.1. The Balaban J connectivity index is 1.85. The van der Waals surface area contributed by atoms with Gasteiger partial charge < -0.3 is 10.1 Å². The molecule has 2 nitrogen and oxygen atoms in total. The number of hydrogen-bond acceptors (Lipinski definition) is 2.